The molecule has 0 heterocycles. The van der Waals surface area contributed by atoms with E-state index < -0.39 is 41.7 Å². The SMILES string of the molecule is C#CC[C@H](NC(=O)OCC1c2ccccc2-c2ccccc21)C(=O)N[C@@H](CCCCNC(=O)OC(C)(C)C)C(=O)OCc1ccc(C)cc1. The number of hydrogen-bond acceptors (Lipinski definition) is 7. The Kier molecular flexibility index (Phi) is 12.8. The molecule has 0 radical (unpaired) electrons. The van der Waals surface area contributed by atoms with Crippen LogP contribution in [-0.4, -0.2) is 54.9 Å². The van der Waals surface area contributed by atoms with Gasteiger partial charge in [0.15, 0.2) is 0 Å². The molecule has 4 rings (SSSR count). The van der Waals surface area contributed by atoms with Crippen molar-refractivity contribution >= 4 is 24.1 Å². The Morgan fingerprint density at radius 2 is 1.45 bits per heavy atom. The minimum atomic E-state index is -1.15. The molecule has 258 valence electrons. The largest absolute Gasteiger partial charge is 0.459 e. The summed E-state index contributed by atoms with van der Waals surface area (Å²) in [5.41, 5.74) is 5.56. The Hall–Kier alpha value is -5.30. The molecule has 0 fully saturated rings. The highest BCUT2D eigenvalue weighted by molar-refractivity contribution is 5.90. The Morgan fingerprint density at radius 1 is 0.816 bits per heavy atom. The van der Waals surface area contributed by atoms with Crippen LogP contribution in [0.3, 0.4) is 0 Å². The molecule has 0 bridgehead atoms. The third kappa shape index (κ3) is 10.9. The van der Waals surface area contributed by atoms with E-state index in [1.807, 2.05) is 79.7 Å². The molecule has 49 heavy (non-hydrogen) atoms. The highest BCUT2D eigenvalue weighted by Crippen LogP contribution is 2.44. The topological polar surface area (TPSA) is 132 Å². The first-order chi connectivity index (χ1) is 23.4. The third-order valence-corrected chi connectivity index (χ3v) is 7.96. The molecule has 0 aliphatic heterocycles. The lowest BCUT2D eigenvalue weighted by Gasteiger charge is -2.22. The van der Waals surface area contributed by atoms with Crippen molar-refractivity contribution < 1.29 is 33.4 Å². The van der Waals surface area contributed by atoms with E-state index >= 15 is 0 Å². The number of carbonyl (C=O) groups is 4. The van der Waals surface area contributed by atoms with Gasteiger partial charge in [-0.15, -0.1) is 12.3 Å². The van der Waals surface area contributed by atoms with Gasteiger partial charge in [0.2, 0.25) is 5.91 Å². The van der Waals surface area contributed by atoms with Gasteiger partial charge < -0.3 is 30.2 Å². The fourth-order valence-corrected chi connectivity index (χ4v) is 5.55. The molecule has 1 aliphatic rings. The van der Waals surface area contributed by atoms with Crippen LogP contribution in [0.1, 0.15) is 74.6 Å². The molecular weight excluding hydrogens is 622 g/mol. The predicted molar refractivity (Wildman–Crippen MR) is 186 cm³/mol. The summed E-state index contributed by atoms with van der Waals surface area (Å²) in [6.45, 7) is 7.69. The van der Waals surface area contributed by atoms with Crippen LogP contribution in [0.15, 0.2) is 72.8 Å². The van der Waals surface area contributed by atoms with Crippen molar-refractivity contribution in [3.05, 3.63) is 95.1 Å². The normalized spacial score (nSPS) is 13.1. The van der Waals surface area contributed by atoms with E-state index in [0.29, 0.717) is 19.4 Å². The van der Waals surface area contributed by atoms with E-state index in [1.54, 1.807) is 20.8 Å². The maximum absolute atomic E-state index is 13.4. The number of ether oxygens (including phenoxy) is 3. The Bertz CT molecular complexity index is 1610. The van der Waals surface area contributed by atoms with Crippen molar-refractivity contribution in [2.75, 3.05) is 13.2 Å². The standard InChI is InChI=1S/C39H45N3O7/c1-6-13-33(42-38(46)48-25-32-30-16-9-7-14-28(30)29-15-8-10-17-31(29)32)35(43)41-34(18-11-12-23-40-37(45)49-39(3,4)5)36(44)47-24-27-21-19-26(2)20-22-27/h1,7-10,14-17,19-22,32-34H,11-13,18,23-25H2,2-5H3,(H,40,45)(H,41,43)(H,42,46)/t33-,34-/m0/s1. The maximum atomic E-state index is 13.4. The Labute approximate surface area is 288 Å². The summed E-state index contributed by atoms with van der Waals surface area (Å²) in [5.74, 6) is 0.988. The molecule has 0 unspecified atom stereocenters. The van der Waals surface area contributed by atoms with Gasteiger partial charge in [-0.25, -0.2) is 14.4 Å². The molecule has 3 amide bonds. The zero-order valence-corrected chi connectivity index (χ0v) is 28.5. The van der Waals surface area contributed by atoms with Gasteiger partial charge in [0, 0.05) is 18.9 Å². The smallest absolute Gasteiger partial charge is 0.407 e. The van der Waals surface area contributed by atoms with Crippen molar-refractivity contribution in [3.8, 4) is 23.5 Å². The average Bonchev–Trinajstić information content (AvgIpc) is 3.38. The molecule has 0 aromatic heterocycles. The lowest BCUT2D eigenvalue weighted by Crippen LogP contribution is -2.52. The second kappa shape index (κ2) is 17.2. The molecule has 2 atom stereocenters. The minimum Gasteiger partial charge on any atom is -0.459 e. The van der Waals surface area contributed by atoms with E-state index in [4.69, 9.17) is 20.6 Å². The minimum absolute atomic E-state index is 0.0253. The van der Waals surface area contributed by atoms with E-state index in [2.05, 4.69) is 21.9 Å². The van der Waals surface area contributed by atoms with Crippen molar-refractivity contribution in [1.29, 1.82) is 0 Å². The van der Waals surface area contributed by atoms with Gasteiger partial charge in [-0.1, -0.05) is 78.4 Å². The summed E-state index contributed by atoms with van der Waals surface area (Å²) in [6, 6.07) is 21.3. The number of terminal acetylenes is 1. The van der Waals surface area contributed by atoms with Crippen LogP contribution in [0.25, 0.3) is 11.1 Å². The van der Waals surface area contributed by atoms with Gasteiger partial charge >= 0.3 is 18.2 Å². The third-order valence-electron chi connectivity index (χ3n) is 7.96. The van der Waals surface area contributed by atoms with Gasteiger partial charge in [-0.3, -0.25) is 4.79 Å². The van der Waals surface area contributed by atoms with Crippen LogP contribution in [0, 0.1) is 19.3 Å². The zero-order valence-electron chi connectivity index (χ0n) is 28.5. The highest BCUT2D eigenvalue weighted by atomic mass is 16.6. The summed E-state index contributed by atoms with van der Waals surface area (Å²) in [6.07, 6.45) is 5.31. The van der Waals surface area contributed by atoms with Crippen molar-refractivity contribution in [1.82, 2.24) is 16.0 Å². The number of benzene rings is 3. The molecule has 10 nitrogen and oxygen atoms in total. The van der Waals surface area contributed by atoms with Crippen molar-refractivity contribution in [2.45, 2.75) is 83.6 Å². The van der Waals surface area contributed by atoms with Gasteiger partial charge in [0.05, 0.1) is 0 Å². The predicted octanol–water partition coefficient (Wildman–Crippen LogP) is 6.15. The molecule has 3 aromatic carbocycles. The summed E-state index contributed by atoms with van der Waals surface area (Å²) in [5, 5.41) is 7.98. The quantitative estimate of drug-likeness (QED) is 0.0814. The molecule has 0 saturated heterocycles. The highest BCUT2D eigenvalue weighted by Gasteiger charge is 2.31. The van der Waals surface area contributed by atoms with E-state index in [1.165, 1.54) is 0 Å². The molecular formula is C39H45N3O7. The van der Waals surface area contributed by atoms with Crippen LogP contribution in [0.2, 0.25) is 0 Å². The van der Waals surface area contributed by atoms with E-state index in [-0.39, 0.29) is 32.0 Å². The van der Waals surface area contributed by atoms with Crippen molar-refractivity contribution in [2.24, 2.45) is 0 Å². The fraction of sp³-hybridized carbons (Fsp3) is 0.385. The van der Waals surface area contributed by atoms with E-state index in [9.17, 15) is 19.2 Å². The van der Waals surface area contributed by atoms with E-state index in [0.717, 1.165) is 33.4 Å². The second-order valence-corrected chi connectivity index (χ2v) is 13.0. The van der Waals surface area contributed by atoms with Crippen molar-refractivity contribution in [3.63, 3.8) is 0 Å². The zero-order chi connectivity index (χ0) is 35.4. The summed E-state index contributed by atoms with van der Waals surface area (Å²) in [4.78, 5) is 51.6. The fourth-order valence-electron chi connectivity index (χ4n) is 5.55. The summed E-state index contributed by atoms with van der Waals surface area (Å²) < 4.78 is 16.4. The number of alkyl carbamates (subject to hydrolysis) is 2. The first kappa shape index (κ1) is 36.5. The molecule has 3 N–H and O–H groups in total. The van der Waals surface area contributed by atoms with Gasteiger partial charge in [0.25, 0.3) is 0 Å². The van der Waals surface area contributed by atoms with Crippen LogP contribution in [0.5, 0.6) is 0 Å². The number of esters is 1. The first-order valence-electron chi connectivity index (χ1n) is 16.5. The molecule has 1 aliphatic carbocycles. The monoisotopic (exact) mass is 667 g/mol. The van der Waals surface area contributed by atoms with Gasteiger partial charge in [-0.2, -0.15) is 0 Å². The van der Waals surface area contributed by atoms with Crippen LogP contribution in [0.4, 0.5) is 9.59 Å². The number of aryl methyl sites for hydroxylation is 1. The lowest BCUT2D eigenvalue weighted by atomic mass is 9.98. The average molecular weight is 668 g/mol. The number of carbonyl (C=O) groups excluding carboxylic acids is 4. The number of unbranched alkanes of at least 4 members (excludes halogenated alkanes) is 1. The number of fused-ring (bicyclic) bond motifs is 3. The summed E-state index contributed by atoms with van der Waals surface area (Å²) >= 11 is 0. The van der Waals surface area contributed by atoms with Crippen LogP contribution in [-0.2, 0) is 30.4 Å². The molecule has 3 aromatic rings. The van der Waals surface area contributed by atoms with Crippen LogP contribution < -0.4 is 16.0 Å². The number of hydrogen-bond donors (Lipinski definition) is 3. The van der Waals surface area contributed by atoms with Crippen LogP contribution >= 0.6 is 0 Å². The Morgan fingerprint density at radius 3 is 2.06 bits per heavy atom. The Balaban J connectivity index is 1.35. The second-order valence-electron chi connectivity index (χ2n) is 13.0. The number of nitrogens with one attached hydrogen (secondary N) is 3. The molecule has 0 spiro atoms. The molecule has 0 saturated carbocycles. The van der Waals surface area contributed by atoms with Gasteiger partial charge in [-0.05, 0) is 74.8 Å². The van der Waals surface area contributed by atoms with Gasteiger partial charge in [0.1, 0.15) is 30.9 Å². The first-order valence-corrected chi connectivity index (χ1v) is 16.5. The summed E-state index contributed by atoms with van der Waals surface area (Å²) in [7, 11) is 0. The lowest BCUT2D eigenvalue weighted by molar-refractivity contribution is -0.149. The number of amides is 3. The molecule has 10 heteroatoms. The maximum Gasteiger partial charge on any atom is 0.407 e. The number of rotatable bonds is 14.